The fourth-order valence-electron chi connectivity index (χ4n) is 4.15. The third-order valence-corrected chi connectivity index (χ3v) is 7.37. The first kappa shape index (κ1) is 25.4. The highest BCUT2D eigenvalue weighted by Crippen LogP contribution is 2.29. The van der Waals surface area contributed by atoms with Crippen molar-refractivity contribution in [3.63, 3.8) is 0 Å². The highest BCUT2D eigenvalue weighted by Gasteiger charge is 2.34. The van der Waals surface area contributed by atoms with Crippen molar-refractivity contribution in [3.05, 3.63) is 101 Å². The summed E-state index contributed by atoms with van der Waals surface area (Å²) >= 11 is 0. The third-order valence-electron chi connectivity index (χ3n) is 6.24. The van der Waals surface area contributed by atoms with Gasteiger partial charge in [-0.25, -0.2) is 4.39 Å². The van der Waals surface area contributed by atoms with Gasteiger partial charge in [0, 0.05) is 55.7 Å². The average Bonchev–Trinajstić information content (AvgIpc) is 3.32. The zero-order chi connectivity index (χ0) is 25.7. The highest BCUT2D eigenvalue weighted by atomic mass is 32.2. The van der Waals surface area contributed by atoms with Crippen molar-refractivity contribution in [2.45, 2.75) is 24.9 Å². The van der Waals surface area contributed by atoms with Crippen LogP contribution in [-0.2, 0) is 26.9 Å². The Hall–Kier alpha value is -3.65. The van der Waals surface area contributed by atoms with Gasteiger partial charge in [-0.3, -0.25) is 18.8 Å². The summed E-state index contributed by atoms with van der Waals surface area (Å²) in [5, 5.41) is 1.62. The molecule has 3 unspecified atom stereocenters. The van der Waals surface area contributed by atoms with E-state index in [0.717, 1.165) is 16.7 Å². The van der Waals surface area contributed by atoms with Crippen molar-refractivity contribution < 1.29 is 18.2 Å². The van der Waals surface area contributed by atoms with Gasteiger partial charge in [0.2, 0.25) is 11.8 Å². The predicted molar refractivity (Wildman–Crippen MR) is 139 cm³/mol. The van der Waals surface area contributed by atoms with Gasteiger partial charge in [-0.2, -0.15) is 0 Å². The van der Waals surface area contributed by atoms with E-state index in [9.17, 15) is 18.2 Å². The first-order valence-electron chi connectivity index (χ1n) is 11.6. The topological polar surface area (TPSA) is 70.6 Å². The molecule has 4 rings (SSSR count). The first-order valence-corrected chi connectivity index (χ1v) is 13.0. The minimum atomic E-state index is -1.14. The van der Waals surface area contributed by atoms with E-state index in [1.807, 2.05) is 36.4 Å². The monoisotopic (exact) mass is 505 g/mol. The summed E-state index contributed by atoms with van der Waals surface area (Å²) in [5.41, 5.74) is 3.34. The average molecular weight is 506 g/mol. The lowest BCUT2D eigenvalue weighted by Crippen LogP contribution is -2.43. The molecule has 36 heavy (non-hydrogen) atoms. The Balaban J connectivity index is 1.67. The van der Waals surface area contributed by atoms with Crippen LogP contribution in [0.2, 0.25) is 0 Å². The smallest absolute Gasteiger partial charge is 0.231 e. The molecule has 2 amide bonds. The van der Waals surface area contributed by atoms with E-state index in [4.69, 9.17) is 0 Å². The van der Waals surface area contributed by atoms with Gasteiger partial charge < -0.3 is 9.80 Å². The van der Waals surface area contributed by atoms with Crippen LogP contribution in [0.3, 0.4) is 0 Å². The highest BCUT2D eigenvalue weighted by molar-refractivity contribution is 7.88. The molecule has 1 aliphatic heterocycles. The Kier molecular flexibility index (Phi) is 8.05. The van der Waals surface area contributed by atoms with E-state index in [1.54, 1.807) is 55.0 Å². The summed E-state index contributed by atoms with van der Waals surface area (Å²) in [6.45, 7) is 0.313. The lowest BCUT2D eigenvalue weighted by Gasteiger charge is -2.32. The van der Waals surface area contributed by atoms with Gasteiger partial charge in [0.25, 0.3) is 0 Å². The molecule has 0 fully saturated rings. The molecule has 2 aromatic carbocycles. The molecule has 6 nitrogen and oxygen atoms in total. The summed E-state index contributed by atoms with van der Waals surface area (Å²) < 4.78 is 25.5. The van der Waals surface area contributed by atoms with Crippen LogP contribution in [-0.4, -0.2) is 56.7 Å². The molecule has 3 aromatic rings. The van der Waals surface area contributed by atoms with Crippen LogP contribution in [0.25, 0.3) is 11.1 Å². The predicted octanol–water partition coefficient (Wildman–Crippen LogP) is 4.12. The Labute approximate surface area is 212 Å². The number of hydrogen-bond donors (Lipinski definition) is 0. The normalized spacial score (nSPS) is 17.5. The second-order valence-corrected chi connectivity index (χ2v) is 10.3. The van der Waals surface area contributed by atoms with Crippen molar-refractivity contribution in [2.24, 2.45) is 0 Å². The fraction of sp³-hybridized carbons (Fsp3) is 0.250. The Bertz CT molecular complexity index is 1260. The van der Waals surface area contributed by atoms with Gasteiger partial charge in [0.05, 0.1) is 17.7 Å². The van der Waals surface area contributed by atoms with E-state index in [1.165, 1.54) is 17.0 Å². The molecule has 0 saturated carbocycles. The van der Waals surface area contributed by atoms with Gasteiger partial charge >= 0.3 is 0 Å². The molecule has 0 radical (unpaired) electrons. The molecule has 0 bridgehead atoms. The van der Waals surface area contributed by atoms with E-state index in [2.05, 4.69) is 4.98 Å². The molecular weight excluding hydrogens is 477 g/mol. The molecule has 1 aromatic heterocycles. The molecule has 0 saturated heterocycles. The number of nitrogens with zero attached hydrogens (tertiary/aromatic N) is 3. The van der Waals surface area contributed by atoms with Crippen LogP contribution in [0.15, 0.2) is 84.5 Å². The second kappa shape index (κ2) is 11.4. The lowest BCUT2D eigenvalue weighted by atomic mass is 9.91. The zero-order valence-corrected chi connectivity index (χ0v) is 21.0. The molecule has 8 heteroatoms. The molecule has 1 aliphatic rings. The van der Waals surface area contributed by atoms with Crippen LogP contribution in [0, 0.1) is 5.82 Å². The summed E-state index contributed by atoms with van der Waals surface area (Å²) in [6, 6.07) is 17.0. The van der Waals surface area contributed by atoms with Crippen molar-refractivity contribution in [2.75, 3.05) is 19.8 Å². The number of carbonyl (C=O) groups is 2. The standard InChI is InChI=1S/C28H28FN3O3S/c1-31(2)27(33)17-26(23-5-3-21(4-6-23)22-7-9-24(29)10-8-22)28(34)32(25-13-16-36(35)19-25)18-20-11-14-30-15-12-20/h3-16,25-26H,17-19H2,1-2H3. The summed E-state index contributed by atoms with van der Waals surface area (Å²) in [7, 11) is 2.19. The van der Waals surface area contributed by atoms with Gasteiger partial charge in [0.15, 0.2) is 0 Å². The van der Waals surface area contributed by atoms with E-state index < -0.39 is 16.7 Å². The number of benzene rings is 2. The van der Waals surface area contributed by atoms with Gasteiger partial charge in [0.1, 0.15) is 5.82 Å². The SMILES string of the molecule is CN(C)C(=O)CC(C(=O)N(Cc1ccncc1)C1C=CS(=O)C1)c1ccc(-c2ccc(F)cc2)cc1. The largest absolute Gasteiger partial charge is 0.349 e. The number of rotatable bonds is 8. The van der Waals surface area contributed by atoms with Crippen LogP contribution in [0.5, 0.6) is 0 Å². The zero-order valence-electron chi connectivity index (χ0n) is 20.2. The molecule has 0 aliphatic carbocycles. The summed E-state index contributed by atoms with van der Waals surface area (Å²) in [4.78, 5) is 34.0. The van der Waals surface area contributed by atoms with Crippen molar-refractivity contribution in [1.29, 1.82) is 0 Å². The number of halogens is 1. The van der Waals surface area contributed by atoms with Crippen molar-refractivity contribution in [1.82, 2.24) is 14.8 Å². The maximum atomic E-state index is 14.1. The molecular formula is C28H28FN3O3S. The third kappa shape index (κ3) is 6.12. The molecule has 2 heterocycles. The van der Waals surface area contributed by atoms with Gasteiger partial charge in [-0.1, -0.05) is 42.5 Å². The Morgan fingerprint density at radius 1 is 1.00 bits per heavy atom. The van der Waals surface area contributed by atoms with Gasteiger partial charge in [-0.15, -0.1) is 0 Å². The lowest BCUT2D eigenvalue weighted by molar-refractivity contribution is -0.138. The van der Waals surface area contributed by atoms with Crippen LogP contribution in [0.1, 0.15) is 23.5 Å². The van der Waals surface area contributed by atoms with Crippen LogP contribution in [0.4, 0.5) is 4.39 Å². The number of pyridine rings is 1. The van der Waals surface area contributed by atoms with Gasteiger partial charge in [-0.05, 0) is 46.5 Å². The molecule has 3 atom stereocenters. The van der Waals surface area contributed by atoms with E-state index in [-0.39, 0.29) is 30.1 Å². The number of amides is 2. The van der Waals surface area contributed by atoms with Crippen LogP contribution < -0.4 is 0 Å². The molecule has 0 N–H and O–H groups in total. The minimum Gasteiger partial charge on any atom is -0.349 e. The fourth-order valence-corrected chi connectivity index (χ4v) is 5.25. The Morgan fingerprint density at radius 2 is 1.61 bits per heavy atom. The maximum absolute atomic E-state index is 14.1. The van der Waals surface area contributed by atoms with Crippen LogP contribution >= 0.6 is 0 Å². The summed E-state index contributed by atoms with van der Waals surface area (Å²) in [6.07, 6.45) is 5.15. The van der Waals surface area contributed by atoms with Crippen molar-refractivity contribution in [3.8, 4) is 11.1 Å². The number of carbonyl (C=O) groups excluding carboxylic acids is 2. The summed E-state index contributed by atoms with van der Waals surface area (Å²) in [5.74, 6) is -1.06. The first-order chi connectivity index (χ1) is 17.3. The molecule has 0 spiro atoms. The minimum absolute atomic E-state index is 0.00803. The maximum Gasteiger partial charge on any atom is 0.231 e. The number of aromatic nitrogens is 1. The van der Waals surface area contributed by atoms with E-state index in [0.29, 0.717) is 17.9 Å². The van der Waals surface area contributed by atoms with E-state index >= 15 is 0 Å². The quantitative estimate of drug-likeness (QED) is 0.462. The van der Waals surface area contributed by atoms with Crippen molar-refractivity contribution >= 4 is 22.6 Å². The second-order valence-electron chi connectivity index (χ2n) is 8.94. The Morgan fingerprint density at radius 3 is 2.17 bits per heavy atom. The molecule has 186 valence electrons. The number of hydrogen-bond acceptors (Lipinski definition) is 4.